The number of nitrogens with zero attached hydrogens (tertiary/aromatic N) is 4. The molecule has 6 heteroatoms. The summed E-state index contributed by atoms with van der Waals surface area (Å²) in [6.07, 6.45) is 3.93. The van der Waals surface area contributed by atoms with E-state index in [2.05, 4.69) is 33.4 Å². The van der Waals surface area contributed by atoms with E-state index in [1.54, 1.807) is 12.3 Å². The highest BCUT2D eigenvalue weighted by Crippen LogP contribution is 2.31. The molecular weight excluding hydrogens is 374 g/mol. The summed E-state index contributed by atoms with van der Waals surface area (Å²) in [6, 6.07) is 22.2. The molecule has 1 fully saturated rings. The number of benzene rings is 1. The van der Waals surface area contributed by atoms with Crippen molar-refractivity contribution >= 4 is 11.5 Å². The van der Waals surface area contributed by atoms with Gasteiger partial charge < -0.3 is 10.1 Å². The third-order valence-electron chi connectivity index (χ3n) is 5.26. The minimum Gasteiger partial charge on any atom is -0.375 e. The molecule has 0 aliphatic carbocycles. The molecule has 1 aliphatic rings. The van der Waals surface area contributed by atoms with Gasteiger partial charge >= 0.3 is 0 Å². The lowest BCUT2D eigenvalue weighted by Crippen LogP contribution is -2.27. The molecule has 4 rings (SSSR count). The van der Waals surface area contributed by atoms with Crippen molar-refractivity contribution in [2.45, 2.75) is 25.5 Å². The second-order valence-corrected chi connectivity index (χ2v) is 7.35. The summed E-state index contributed by atoms with van der Waals surface area (Å²) in [6.45, 7) is 3.32. The van der Waals surface area contributed by atoms with Crippen LogP contribution in [0.2, 0.25) is 0 Å². The number of hydrogen-bond acceptors (Lipinski definition) is 6. The van der Waals surface area contributed by atoms with Gasteiger partial charge in [-0.1, -0.05) is 36.4 Å². The first-order valence-electron chi connectivity index (χ1n) is 10.3. The van der Waals surface area contributed by atoms with Crippen molar-refractivity contribution in [2.75, 3.05) is 25.0 Å². The predicted octanol–water partition coefficient (Wildman–Crippen LogP) is 4.45. The molecule has 3 heterocycles. The normalized spacial score (nSPS) is 16.3. The molecule has 1 aromatic carbocycles. The van der Waals surface area contributed by atoms with Gasteiger partial charge in [0.15, 0.2) is 0 Å². The molecule has 6 nitrogen and oxygen atoms in total. The zero-order chi connectivity index (χ0) is 20.6. The molecule has 0 unspecified atom stereocenters. The molecule has 152 valence electrons. The Kier molecular flexibility index (Phi) is 6.65. The van der Waals surface area contributed by atoms with Crippen LogP contribution in [0.15, 0.2) is 66.9 Å². The number of rotatable bonds is 8. The van der Waals surface area contributed by atoms with Crippen molar-refractivity contribution in [2.24, 2.45) is 0 Å². The average molecular weight is 399 g/mol. The number of hydrogen-bond donors (Lipinski definition) is 1. The molecule has 2 aromatic heterocycles. The molecule has 0 amide bonds. The van der Waals surface area contributed by atoms with Crippen molar-refractivity contribution in [3.8, 4) is 6.07 Å². The molecule has 0 bridgehead atoms. The fourth-order valence-corrected chi connectivity index (χ4v) is 3.76. The predicted molar refractivity (Wildman–Crippen MR) is 116 cm³/mol. The van der Waals surface area contributed by atoms with Crippen LogP contribution in [0.5, 0.6) is 0 Å². The van der Waals surface area contributed by atoms with E-state index in [1.165, 1.54) is 12.0 Å². The van der Waals surface area contributed by atoms with Gasteiger partial charge in [-0.25, -0.2) is 9.97 Å². The van der Waals surface area contributed by atoms with E-state index in [0.717, 1.165) is 36.7 Å². The van der Waals surface area contributed by atoms with Gasteiger partial charge in [-0.3, -0.25) is 4.90 Å². The Bertz CT molecular complexity index is 984. The van der Waals surface area contributed by atoms with E-state index in [1.807, 2.05) is 42.5 Å². The minimum absolute atomic E-state index is 0.311. The third-order valence-corrected chi connectivity index (χ3v) is 5.26. The SMILES string of the molecule is N#Cc1ccc(Nc2cccc([C@H]3CCCN3CCOCc3ccccc3)n2)cn1. The first-order valence-corrected chi connectivity index (χ1v) is 10.3. The Labute approximate surface area is 177 Å². The molecule has 3 aromatic rings. The summed E-state index contributed by atoms with van der Waals surface area (Å²) in [5.41, 5.74) is 3.49. The van der Waals surface area contributed by atoms with E-state index in [-0.39, 0.29) is 0 Å². The fourth-order valence-electron chi connectivity index (χ4n) is 3.76. The quantitative estimate of drug-likeness (QED) is 0.564. The van der Waals surface area contributed by atoms with Crippen LogP contribution in [0, 0.1) is 11.3 Å². The highest BCUT2D eigenvalue weighted by Gasteiger charge is 2.26. The maximum absolute atomic E-state index is 8.88. The number of pyridine rings is 2. The molecular formula is C24H25N5O. The molecule has 1 N–H and O–H groups in total. The van der Waals surface area contributed by atoms with Gasteiger partial charge in [-0.2, -0.15) is 5.26 Å². The van der Waals surface area contributed by atoms with E-state index >= 15 is 0 Å². The molecule has 0 spiro atoms. The third kappa shape index (κ3) is 5.20. The van der Waals surface area contributed by atoms with E-state index in [0.29, 0.717) is 24.9 Å². The van der Waals surface area contributed by atoms with Gasteiger partial charge in [0.05, 0.1) is 36.8 Å². The van der Waals surface area contributed by atoms with Crippen molar-refractivity contribution in [1.29, 1.82) is 5.26 Å². The van der Waals surface area contributed by atoms with Gasteiger partial charge in [0.1, 0.15) is 17.6 Å². The van der Waals surface area contributed by atoms with Crippen LogP contribution in [0.3, 0.4) is 0 Å². The van der Waals surface area contributed by atoms with Crippen LogP contribution >= 0.6 is 0 Å². The highest BCUT2D eigenvalue weighted by molar-refractivity contribution is 5.55. The van der Waals surface area contributed by atoms with Crippen molar-refractivity contribution < 1.29 is 4.74 Å². The lowest BCUT2D eigenvalue weighted by Gasteiger charge is -2.24. The summed E-state index contributed by atoms with van der Waals surface area (Å²) >= 11 is 0. The number of anilines is 2. The zero-order valence-corrected chi connectivity index (χ0v) is 16.9. The maximum atomic E-state index is 8.88. The maximum Gasteiger partial charge on any atom is 0.140 e. The topological polar surface area (TPSA) is 74.1 Å². The molecule has 1 aliphatic heterocycles. The molecule has 1 saturated heterocycles. The molecule has 0 radical (unpaired) electrons. The average Bonchev–Trinajstić information content (AvgIpc) is 3.27. The van der Waals surface area contributed by atoms with Crippen LogP contribution in [0.25, 0.3) is 0 Å². The molecule has 1 atom stereocenters. The van der Waals surface area contributed by atoms with Crippen LogP contribution < -0.4 is 5.32 Å². The summed E-state index contributed by atoms with van der Waals surface area (Å²) in [5.74, 6) is 0.784. The Balaban J connectivity index is 1.34. The van der Waals surface area contributed by atoms with E-state index in [9.17, 15) is 0 Å². The van der Waals surface area contributed by atoms with Crippen molar-refractivity contribution in [1.82, 2.24) is 14.9 Å². The largest absolute Gasteiger partial charge is 0.375 e. The Hall–Kier alpha value is -3.27. The Morgan fingerprint density at radius 3 is 2.80 bits per heavy atom. The van der Waals surface area contributed by atoms with Gasteiger partial charge in [-0.05, 0) is 49.2 Å². The van der Waals surface area contributed by atoms with Gasteiger partial charge in [0.25, 0.3) is 0 Å². The first-order chi connectivity index (χ1) is 14.8. The van der Waals surface area contributed by atoms with Gasteiger partial charge in [-0.15, -0.1) is 0 Å². The second-order valence-electron chi connectivity index (χ2n) is 7.35. The first kappa shape index (κ1) is 20.0. The second kappa shape index (κ2) is 9.97. The smallest absolute Gasteiger partial charge is 0.140 e. The van der Waals surface area contributed by atoms with Crippen LogP contribution in [0.4, 0.5) is 11.5 Å². The number of nitrogens with one attached hydrogen (secondary N) is 1. The van der Waals surface area contributed by atoms with Gasteiger partial charge in [0, 0.05) is 6.54 Å². The molecule has 30 heavy (non-hydrogen) atoms. The lowest BCUT2D eigenvalue weighted by molar-refractivity contribution is 0.0882. The summed E-state index contributed by atoms with van der Waals surface area (Å²) in [7, 11) is 0. The number of ether oxygens (including phenoxy) is 1. The summed E-state index contributed by atoms with van der Waals surface area (Å²) in [4.78, 5) is 11.4. The van der Waals surface area contributed by atoms with Crippen LogP contribution in [-0.2, 0) is 11.3 Å². The van der Waals surface area contributed by atoms with Crippen LogP contribution in [0.1, 0.15) is 35.8 Å². The number of likely N-dealkylation sites (tertiary alicyclic amines) is 1. The Morgan fingerprint density at radius 1 is 1.10 bits per heavy atom. The summed E-state index contributed by atoms with van der Waals surface area (Å²) in [5, 5.41) is 12.2. The van der Waals surface area contributed by atoms with Gasteiger partial charge in [0.2, 0.25) is 0 Å². The monoisotopic (exact) mass is 399 g/mol. The lowest BCUT2D eigenvalue weighted by atomic mass is 10.1. The standard InChI is InChI=1S/C24H25N5O/c25-16-20-11-12-21(17-26-20)27-24-10-4-8-22(28-24)23-9-5-13-29(23)14-15-30-18-19-6-2-1-3-7-19/h1-4,6-8,10-12,17,23H,5,9,13-15,18H2,(H,27,28)/t23-/m1/s1. The van der Waals surface area contributed by atoms with E-state index < -0.39 is 0 Å². The summed E-state index contributed by atoms with van der Waals surface area (Å²) < 4.78 is 5.88. The minimum atomic E-state index is 0.311. The Morgan fingerprint density at radius 2 is 2.00 bits per heavy atom. The molecule has 0 saturated carbocycles. The number of nitriles is 1. The number of aromatic nitrogens is 2. The van der Waals surface area contributed by atoms with Crippen molar-refractivity contribution in [3.05, 3.63) is 83.8 Å². The highest BCUT2D eigenvalue weighted by atomic mass is 16.5. The zero-order valence-electron chi connectivity index (χ0n) is 16.9. The van der Waals surface area contributed by atoms with Crippen molar-refractivity contribution in [3.63, 3.8) is 0 Å². The van der Waals surface area contributed by atoms with E-state index in [4.69, 9.17) is 15.0 Å². The van der Waals surface area contributed by atoms with Crippen LogP contribution in [-0.4, -0.2) is 34.6 Å². The fraction of sp³-hybridized carbons (Fsp3) is 0.292.